The summed E-state index contributed by atoms with van der Waals surface area (Å²) in [5.41, 5.74) is 9.43. The van der Waals surface area contributed by atoms with E-state index in [1.807, 2.05) is 11.4 Å². The van der Waals surface area contributed by atoms with E-state index in [2.05, 4.69) is 20.9 Å². The molecule has 0 aliphatic rings. The second-order valence-corrected chi connectivity index (χ2v) is 5.51. The summed E-state index contributed by atoms with van der Waals surface area (Å²) >= 11 is 4.85. The van der Waals surface area contributed by atoms with Crippen molar-refractivity contribution >= 4 is 38.9 Å². The Bertz CT molecular complexity index is 556. The standard InChI is InChI=1S/C12H12BrN3OS/c1-16(5-9-6-18-7-15-9)12(17)10-4-8(13)2-3-11(10)14/h2-4,6-7H,5,14H2,1H3. The molecule has 1 aromatic carbocycles. The van der Waals surface area contributed by atoms with Crippen molar-refractivity contribution in [2.75, 3.05) is 12.8 Å². The maximum absolute atomic E-state index is 12.2. The maximum Gasteiger partial charge on any atom is 0.256 e. The maximum atomic E-state index is 12.2. The molecule has 94 valence electrons. The fraction of sp³-hybridized carbons (Fsp3) is 0.167. The topological polar surface area (TPSA) is 59.2 Å². The van der Waals surface area contributed by atoms with Crippen molar-refractivity contribution in [1.29, 1.82) is 0 Å². The Balaban J connectivity index is 2.17. The van der Waals surface area contributed by atoms with Gasteiger partial charge in [-0.05, 0) is 18.2 Å². The Morgan fingerprint density at radius 2 is 2.33 bits per heavy atom. The molecular weight excluding hydrogens is 314 g/mol. The van der Waals surface area contributed by atoms with E-state index in [9.17, 15) is 4.79 Å². The van der Waals surface area contributed by atoms with Crippen LogP contribution in [0.3, 0.4) is 0 Å². The van der Waals surface area contributed by atoms with Crippen LogP contribution in [0.4, 0.5) is 5.69 Å². The van der Waals surface area contributed by atoms with Crippen LogP contribution < -0.4 is 5.73 Å². The van der Waals surface area contributed by atoms with Crippen LogP contribution in [-0.2, 0) is 6.54 Å². The molecular formula is C12H12BrN3OS. The molecule has 2 rings (SSSR count). The summed E-state index contributed by atoms with van der Waals surface area (Å²) in [6.45, 7) is 0.480. The summed E-state index contributed by atoms with van der Waals surface area (Å²) in [5.74, 6) is -0.109. The second kappa shape index (κ2) is 5.49. The average molecular weight is 326 g/mol. The van der Waals surface area contributed by atoms with Crippen LogP contribution in [0, 0.1) is 0 Å². The first-order valence-corrected chi connectivity index (χ1v) is 6.99. The summed E-state index contributed by atoms with van der Waals surface area (Å²) in [6, 6.07) is 5.26. The minimum atomic E-state index is -0.109. The van der Waals surface area contributed by atoms with Gasteiger partial charge in [0, 0.05) is 22.6 Å². The molecule has 0 bridgehead atoms. The minimum Gasteiger partial charge on any atom is -0.398 e. The molecule has 6 heteroatoms. The summed E-state index contributed by atoms with van der Waals surface area (Å²) < 4.78 is 0.835. The Morgan fingerprint density at radius 3 is 3.00 bits per heavy atom. The van der Waals surface area contributed by atoms with Crippen molar-refractivity contribution in [1.82, 2.24) is 9.88 Å². The van der Waals surface area contributed by atoms with E-state index >= 15 is 0 Å². The molecule has 2 aromatic rings. The molecule has 0 saturated carbocycles. The molecule has 1 aromatic heterocycles. The van der Waals surface area contributed by atoms with Gasteiger partial charge in [0.1, 0.15) is 0 Å². The number of rotatable bonds is 3. The van der Waals surface area contributed by atoms with Gasteiger partial charge in [0.2, 0.25) is 0 Å². The molecule has 18 heavy (non-hydrogen) atoms. The number of aromatic nitrogens is 1. The Morgan fingerprint density at radius 1 is 1.56 bits per heavy atom. The number of nitrogens with zero attached hydrogens (tertiary/aromatic N) is 2. The number of thiazole rings is 1. The molecule has 2 N–H and O–H groups in total. The zero-order valence-electron chi connectivity index (χ0n) is 9.76. The van der Waals surface area contributed by atoms with Crippen molar-refractivity contribution in [2.45, 2.75) is 6.54 Å². The number of halogens is 1. The predicted molar refractivity (Wildman–Crippen MR) is 76.5 cm³/mol. The zero-order valence-corrected chi connectivity index (χ0v) is 12.2. The lowest BCUT2D eigenvalue weighted by molar-refractivity contribution is 0.0784. The quantitative estimate of drug-likeness (QED) is 0.883. The molecule has 0 atom stereocenters. The van der Waals surface area contributed by atoms with Crippen LogP contribution in [0.2, 0.25) is 0 Å². The average Bonchev–Trinajstić information content (AvgIpc) is 2.84. The van der Waals surface area contributed by atoms with Gasteiger partial charge in [-0.2, -0.15) is 0 Å². The number of hydrogen-bond acceptors (Lipinski definition) is 4. The van der Waals surface area contributed by atoms with Crippen LogP contribution in [0.25, 0.3) is 0 Å². The number of hydrogen-bond donors (Lipinski definition) is 1. The van der Waals surface area contributed by atoms with Gasteiger partial charge in [0.25, 0.3) is 5.91 Å². The molecule has 0 spiro atoms. The van der Waals surface area contributed by atoms with E-state index in [4.69, 9.17) is 5.73 Å². The van der Waals surface area contributed by atoms with Gasteiger partial charge in [-0.15, -0.1) is 11.3 Å². The molecule has 1 amide bonds. The van der Waals surface area contributed by atoms with Gasteiger partial charge in [0.05, 0.1) is 23.3 Å². The highest BCUT2D eigenvalue weighted by molar-refractivity contribution is 9.10. The van der Waals surface area contributed by atoms with Crippen LogP contribution in [-0.4, -0.2) is 22.8 Å². The third-order valence-electron chi connectivity index (χ3n) is 2.48. The van der Waals surface area contributed by atoms with E-state index in [0.29, 0.717) is 17.8 Å². The van der Waals surface area contributed by atoms with Gasteiger partial charge < -0.3 is 10.6 Å². The number of amides is 1. The number of carbonyl (C=O) groups excluding carboxylic acids is 1. The Kier molecular flexibility index (Phi) is 3.98. The fourth-order valence-electron chi connectivity index (χ4n) is 1.55. The fourth-order valence-corrected chi connectivity index (χ4v) is 2.46. The van der Waals surface area contributed by atoms with E-state index in [1.54, 1.807) is 29.6 Å². The number of nitrogen functional groups attached to an aromatic ring is 1. The SMILES string of the molecule is CN(Cc1cscn1)C(=O)c1cc(Br)ccc1N. The molecule has 0 unspecified atom stereocenters. The summed E-state index contributed by atoms with van der Waals surface area (Å²) in [7, 11) is 1.74. The first-order valence-electron chi connectivity index (χ1n) is 5.25. The van der Waals surface area contributed by atoms with Crippen LogP contribution in [0.5, 0.6) is 0 Å². The smallest absolute Gasteiger partial charge is 0.256 e. The van der Waals surface area contributed by atoms with Crippen molar-refractivity contribution < 1.29 is 4.79 Å². The van der Waals surface area contributed by atoms with E-state index in [0.717, 1.165) is 10.2 Å². The number of anilines is 1. The van der Waals surface area contributed by atoms with Gasteiger partial charge >= 0.3 is 0 Å². The molecule has 0 aliphatic heterocycles. The lowest BCUT2D eigenvalue weighted by Gasteiger charge is -2.17. The highest BCUT2D eigenvalue weighted by Crippen LogP contribution is 2.20. The van der Waals surface area contributed by atoms with Gasteiger partial charge in [-0.3, -0.25) is 4.79 Å². The lowest BCUT2D eigenvalue weighted by atomic mass is 10.1. The van der Waals surface area contributed by atoms with Crippen LogP contribution in [0.1, 0.15) is 16.1 Å². The highest BCUT2D eigenvalue weighted by atomic mass is 79.9. The van der Waals surface area contributed by atoms with E-state index < -0.39 is 0 Å². The van der Waals surface area contributed by atoms with Crippen molar-refractivity contribution in [3.05, 3.63) is 44.8 Å². The largest absolute Gasteiger partial charge is 0.398 e. The van der Waals surface area contributed by atoms with Gasteiger partial charge in [-0.25, -0.2) is 4.98 Å². The zero-order chi connectivity index (χ0) is 13.1. The van der Waals surface area contributed by atoms with E-state index in [-0.39, 0.29) is 5.91 Å². The van der Waals surface area contributed by atoms with E-state index in [1.165, 1.54) is 11.3 Å². The Hall–Kier alpha value is -1.40. The van der Waals surface area contributed by atoms with Crippen LogP contribution in [0.15, 0.2) is 33.6 Å². The van der Waals surface area contributed by atoms with Crippen molar-refractivity contribution in [3.8, 4) is 0 Å². The van der Waals surface area contributed by atoms with Gasteiger partial charge in [0.15, 0.2) is 0 Å². The third-order valence-corrected chi connectivity index (χ3v) is 3.60. The van der Waals surface area contributed by atoms with Gasteiger partial charge in [-0.1, -0.05) is 15.9 Å². The molecule has 0 aliphatic carbocycles. The summed E-state index contributed by atoms with van der Waals surface area (Å²) in [6.07, 6.45) is 0. The Labute approximate surface area is 118 Å². The normalized spacial score (nSPS) is 10.3. The monoisotopic (exact) mass is 325 g/mol. The molecule has 0 radical (unpaired) electrons. The lowest BCUT2D eigenvalue weighted by Crippen LogP contribution is -2.27. The molecule has 0 saturated heterocycles. The first-order chi connectivity index (χ1) is 8.58. The third kappa shape index (κ3) is 2.88. The minimum absolute atomic E-state index is 0.109. The van der Waals surface area contributed by atoms with Crippen molar-refractivity contribution in [3.63, 3.8) is 0 Å². The molecule has 4 nitrogen and oxygen atoms in total. The van der Waals surface area contributed by atoms with Crippen molar-refractivity contribution in [2.24, 2.45) is 0 Å². The summed E-state index contributed by atoms with van der Waals surface area (Å²) in [5, 5.41) is 1.92. The predicted octanol–water partition coefficient (Wildman–Crippen LogP) is 2.76. The van der Waals surface area contributed by atoms with Crippen LogP contribution >= 0.6 is 27.3 Å². The number of carbonyl (C=O) groups is 1. The first kappa shape index (κ1) is 13.0. The second-order valence-electron chi connectivity index (χ2n) is 3.87. The number of nitrogens with two attached hydrogens (primary N) is 1. The summed E-state index contributed by atoms with van der Waals surface area (Å²) in [4.78, 5) is 18.0. The number of benzene rings is 1. The molecule has 1 heterocycles. The molecule has 0 fully saturated rings. The highest BCUT2D eigenvalue weighted by Gasteiger charge is 2.15.